The molecule has 2 unspecified atom stereocenters. The summed E-state index contributed by atoms with van der Waals surface area (Å²) in [6, 6.07) is 2.04. The van der Waals surface area contributed by atoms with E-state index in [1.807, 2.05) is 7.05 Å². The summed E-state index contributed by atoms with van der Waals surface area (Å²) < 4.78 is 1.79. The van der Waals surface area contributed by atoms with Crippen molar-refractivity contribution in [3.8, 4) is 0 Å². The fraction of sp³-hybridized carbons (Fsp3) is 0.667. The number of aromatic nitrogens is 1. The number of carbonyl (C=O) groups is 1. The van der Waals surface area contributed by atoms with Gasteiger partial charge < -0.3 is 15.6 Å². The Kier molecular flexibility index (Phi) is 4.17. The van der Waals surface area contributed by atoms with Crippen LogP contribution in [0.4, 0.5) is 5.69 Å². The molecule has 1 aromatic heterocycles. The minimum absolute atomic E-state index is 0.00301. The maximum atomic E-state index is 12.3. The number of nitrogens with one attached hydrogen (secondary N) is 1. The van der Waals surface area contributed by atoms with Crippen LogP contribution in [0.3, 0.4) is 0 Å². The van der Waals surface area contributed by atoms with Gasteiger partial charge in [-0.1, -0.05) is 26.7 Å². The van der Waals surface area contributed by atoms with E-state index in [4.69, 9.17) is 5.73 Å². The average Bonchev–Trinajstić information content (AvgIpc) is 2.69. The van der Waals surface area contributed by atoms with E-state index in [-0.39, 0.29) is 5.91 Å². The summed E-state index contributed by atoms with van der Waals surface area (Å²) >= 11 is 0. The lowest BCUT2D eigenvalue weighted by molar-refractivity contribution is 0.0881. The lowest BCUT2D eigenvalue weighted by Gasteiger charge is -2.34. The molecule has 0 spiro atoms. The average molecular weight is 263 g/mol. The number of nitrogens with zero attached hydrogens (tertiary/aromatic N) is 1. The van der Waals surface area contributed by atoms with Gasteiger partial charge in [-0.25, -0.2) is 0 Å². The molecule has 19 heavy (non-hydrogen) atoms. The third-order valence-corrected chi connectivity index (χ3v) is 4.25. The molecular weight excluding hydrogens is 238 g/mol. The van der Waals surface area contributed by atoms with E-state index in [2.05, 4.69) is 19.2 Å². The molecule has 0 aromatic carbocycles. The summed E-state index contributed by atoms with van der Waals surface area (Å²) in [5.74, 6) is 1.20. The van der Waals surface area contributed by atoms with Crippen LogP contribution >= 0.6 is 0 Å². The van der Waals surface area contributed by atoms with Crippen LogP contribution in [0.25, 0.3) is 0 Å². The van der Waals surface area contributed by atoms with Crippen molar-refractivity contribution < 1.29 is 4.79 Å². The van der Waals surface area contributed by atoms with Crippen LogP contribution in [0.2, 0.25) is 0 Å². The van der Waals surface area contributed by atoms with Gasteiger partial charge in [0.05, 0.1) is 5.69 Å². The van der Waals surface area contributed by atoms with Crippen LogP contribution in [0.1, 0.15) is 50.0 Å². The second-order valence-electron chi connectivity index (χ2n) is 6.04. The predicted molar refractivity (Wildman–Crippen MR) is 77.9 cm³/mol. The van der Waals surface area contributed by atoms with Crippen molar-refractivity contribution in [3.63, 3.8) is 0 Å². The fourth-order valence-corrected chi connectivity index (χ4v) is 3.19. The number of amides is 1. The van der Waals surface area contributed by atoms with Crippen LogP contribution in [-0.2, 0) is 7.05 Å². The quantitative estimate of drug-likeness (QED) is 0.880. The molecule has 0 aliphatic heterocycles. The van der Waals surface area contributed by atoms with E-state index in [0.29, 0.717) is 29.3 Å². The van der Waals surface area contributed by atoms with Gasteiger partial charge >= 0.3 is 0 Å². The van der Waals surface area contributed by atoms with Gasteiger partial charge in [-0.15, -0.1) is 0 Å². The van der Waals surface area contributed by atoms with Gasteiger partial charge in [0.15, 0.2) is 0 Å². The van der Waals surface area contributed by atoms with Gasteiger partial charge in [0.2, 0.25) is 0 Å². The molecule has 1 aliphatic carbocycles. The lowest BCUT2D eigenvalue weighted by atomic mass is 9.78. The largest absolute Gasteiger partial charge is 0.397 e. The molecule has 2 atom stereocenters. The first-order chi connectivity index (χ1) is 8.99. The number of hydrogen-bond acceptors (Lipinski definition) is 2. The topological polar surface area (TPSA) is 60.1 Å². The zero-order valence-electron chi connectivity index (χ0n) is 12.1. The molecule has 1 aromatic rings. The van der Waals surface area contributed by atoms with Gasteiger partial charge in [0, 0.05) is 19.3 Å². The van der Waals surface area contributed by atoms with Gasteiger partial charge in [0.25, 0.3) is 5.91 Å². The zero-order chi connectivity index (χ0) is 14.0. The highest BCUT2D eigenvalue weighted by Gasteiger charge is 2.29. The first-order valence-electron chi connectivity index (χ1n) is 7.21. The van der Waals surface area contributed by atoms with Crippen molar-refractivity contribution in [2.75, 3.05) is 5.73 Å². The Morgan fingerprint density at radius 2 is 2.11 bits per heavy atom. The number of carbonyl (C=O) groups excluding carboxylic acids is 1. The molecule has 1 heterocycles. The van der Waals surface area contributed by atoms with E-state index < -0.39 is 0 Å². The van der Waals surface area contributed by atoms with Gasteiger partial charge in [-0.2, -0.15) is 0 Å². The van der Waals surface area contributed by atoms with E-state index in [1.54, 1.807) is 16.8 Å². The summed E-state index contributed by atoms with van der Waals surface area (Å²) in [4.78, 5) is 12.3. The number of anilines is 1. The molecule has 1 aliphatic rings. The summed E-state index contributed by atoms with van der Waals surface area (Å²) in [5.41, 5.74) is 7.00. The van der Waals surface area contributed by atoms with Crippen LogP contribution in [0, 0.1) is 11.8 Å². The molecule has 1 saturated carbocycles. The van der Waals surface area contributed by atoms with Crippen LogP contribution in [0.15, 0.2) is 12.3 Å². The molecule has 106 valence electrons. The highest BCUT2D eigenvalue weighted by molar-refractivity contribution is 5.94. The standard InChI is InChI=1S/C15H25N3O/c1-10(2)12-6-4-5-7-13(12)17-15(19)14-8-11(16)9-18(14)3/h8-10,12-13H,4-7,16H2,1-3H3,(H,17,19). The SMILES string of the molecule is CC(C)C1CCCCC1NC(=O)c1cc(N)cn1C. The molecule has 4 nitrogen and oxygen atoms in total. The molecule has 0 bridgehead atoms. The first kappa shape index (κ1) is 14.0. The molecule has 1 fully saturated rings. The van der Waals surface area contributed by atoms with Crippen molar-refractivity contribution >= 4 is 11.6 Å². The smallest absolute Gasteiger partial charge is 0.268 e. The Morgan fingerprint density at radius 1 is 1.42 bits per heavy atom. The lowest BCUT2D eigenvalue weighted by Crippen LogP contribution is -2.44. The maximum absolute atomic E-state index is 12.3. The summed E-state index contributed by atoms with van der Waals surface area (Å²) in [6.07, 6.45) is 6.58. The van der Waals surface area contributed by atoms with Gasteiger partial charge in [-0.3, -0.25) is 4.79 Å². The third-order valence-electron chi connectivity index (χ3n) is 4.25. The van der Waals surface area contributed by atoms with E-state index >= 15 is 0 Å². The Bertz CT molecular complexity index is 450. The van der Waals surface area contributed by atoms with Crippen LogP contribution < -0.4 is 11.1 Å². The number of nitrogen functional groups attached to an aromatic ring is 1. The highest BCUT2D eigenvalue weighted by atomic mass is 16.2. The third kappa shape index (κ3) is 3.11. The predicted octanol–water partition coefficient (Wildman–Crippen LogP) is 2.55. The number of hydrogen-bond donors (Lipinski definition) is 2. The van der Waals surface area contributed by atoms with Crippen LogP contribution in [-0.4, -0.2) is 16.5 Å². The molecule has 4 heteroatoms. The normalized spacial score (nSPS) is 23.6. The molecule has 2 rings (SSSR count). The fourth-order valence-electron chi connectivity index (χ4n) is 3.19. The highest BCUT2D eigenvalue weighted by Crippen LogP contribution is 2.30. The number of nitrogens with two attached hydrogens (primary N) is 1. The second kappa shape index (κ2) is 5.68. The Balaban J connectivity index is 2.07. The van der Waals surface area contributed by atoms with E-state index in [1.165, 1.54) is 19.3 Å². The van der Waals surface area contributed by atoms with Crippen LogP contribution in [0.5, 0.6) is 0 Å². The Labute approximate surface area is 115 Å². The maximum Gasteiger partial charge on any atom is 0.268 e. The summed E-state index contributed by atoms with van der Waals surface area (Å²) in [6.45, 7) is 4.49. The minimum Gasteiger partial charge on any atom is -0.397 e. The summed E-state index contributed by atoms with van der Waals surface area (Å²) in [7, 11) is 1.85. The van der Waals surface area contributed by atoms with E-state index in [9.17, 15) is 4.79 Å². The Morgan fingerprint density at radius 3 is 2.68 bits per heavy atom. The number of rotatable bonds is 3. The molecule has 1 amide bonds. The summed E-state index contributed by atoms with van der Waals surface area (Å²) in [5, 5.41) is 3.21. The second-order valence-corrected chi connectivity index (χ2v) is 6.04. The number of aryl methyl sites for hydroxylation is 1. The van der Waals surface area contributed by atoms with Crippen molar-refractivity contribution in [3.05, 3.63) is 18.0 Å². The Hall–Kier alpha value is -1.45. The van der Waals surface area contributed by atoms with Crippen molar-refractivity contribution in [2.45, 2.75) is 45.6 Å². The van der Waals surface area contributed by atoms with Crippen molar-refractivity contribution in [1.82, 2.24) is 9.88 Å². The van der Waals surface area contributed by atoms with Gasteiger partial charge in [0.1, 0.15) is 5.69 Å². The molecule has 0 saturated heterocycles. The molecule has 0 radical (unpaired) electrons. The molecular formula is C15H25N3O. The van der Waals surface area contributed by atoms with E-state index in [0.717, 1.165) is 6.42 Å². The minimum atomic E-state index is -0.00301. The zero-order valence-corrected chi connectivity index (χ0v) is 12.1. The van der Waals surface area contributed by atoms with Gasteiger partial charge in [-0.05, 0) is 30.7 Å². The monoisotopic (exact) mass is 263 g/mol. The molecule has 3 N–H and O–H groups in total. The first-order valence-corrected chi connectivity index (χ1v) is 7.21. The van der Waals surface area contributed by atoms with Crippen molar-refractivity contribution in [2.24, 2.45) is 18.9 Å². The van der Waals surface area contributed by atoms with Crippen molar-refractivity contribution in [1.29, 1.82) is 0 Å².